The molecule has 0 aliphatic rings. The number of aromatic nitrogens is 2. The lowest BCUT2D eigenvalue weighted by molar-refractivity contribution is 0.102. The van der Waals surface area contributed by atoms with E-state index in [0.29, 0.717) is 16.9 Å². The smallest absolute Gasteiger partial charge is 0.258 e. The van der Waals surface area contributed by atoms with Crippen molar-refractivity contribution in [3.8, 4) is 11.8 Å². The molecule has 0 atom stereocenters. The normalized spacial score (nSPS) is 9.50. The topological polar surface area (TPSA) is 75.1 Å². The zero-order valence-electron chi connectivity index (χ0n) is 10.9. The van der Waals surface area contributed by atoms with Gasteiger partial charge in [-0.2, -0.15) is 0 Å². The molecule has 2 aromatic heterocycles. The van der Waals surface area contributed by atoms with E-state index in [-0.39, 0.29) is 12.5 Å². The number of nitrogens with one attached hydrogen (secondary N) is 1. The number of rotatable bonds is 2. The van der Waals surface area contributed by atoms with Crippen LogP contribution in [0.5, 0.6) is 0 Å². The molecule has 0 bridgehead atoms. The maximum atomic E-state index is 12.1. The molecule has 0 aliphatic carbocycles. The van der Waals surface area contributed by atoms with Crippen LogP contribution in [0, 0.1) is 18.8 Å². The minimum absolute atomic E-state index is 0.233. The molecule has 0 radical (unpaired) electrons. The number of carbonyl (C=O) groups is 1. The maximum Gasteiger partial charge on any atom is 0.258 e. The molecule has 2 heterocycles. The monoisotopic (exact) mass is 267 g/mol. The number of aliphatic hydroxyl groups excluding tert-OH is 1. The summed E-state index contributed by atoms with van der Waals surface area (Å²) in [5.41, 5.74) is 1.78. The third kappa shape index (κ3) is 3.64. The van der Waals surface area contributed by atoms with E-state index in [1.807, 2.05) is 19.1 Å². The lowest BCUT2D eigenvalue weighted by Crippen LogP contribution is -2.13. The molecule has 2 aromatic rings. The Bertz CT molecular complexity index is 687. The number of aliphatic hydroxyl groups is 1. The first kappa shape index (κ1) is 13.7. The fourth-order valence-electron chi connectivity index (χ4n) is 1.58. The summed E-state index contributed by atoms with van der Waals surface area (Å²) >= 11 is 0. The lowest BCUT2D eigenvalue weighted by atomic mass is 10.2. The van der Waals surface area contributed by atoms with Crippen LogP contribution in [-0.2, 0) is 0 Å². The number of amides is 1. The number of hydrogen-bond acceptors (Lipinski definition) is 4. The Morgan fingerprint density at radius 3 is 3.00 bits per heavy atom. The molecule has 5 heteroatoms. The molecule has 20 heavy (non-hydrogen) atoms. The number of aryl methyl sites for hydroxylation is 1. The molecular formula is C15H13N3O2. The van der Waals surface area contributed by atoms with Gasteiger partial charge >= 0.3 is 0 Å². The SMILES string of the molecule is Cc1cccc(NC(=O)c2cncc(C#CCO)c2)n1. The second-order valence-corrected chi connectivity index (χ2v) is 4.04. The van der Waals surface area contributed by atoms with E-state index in [0.717, 1.165) is 5.69 Å². The van der Waals surface area contributed by atoms with Crippen molar-refractivity contribution in [3.63, 3.8) is 0 Å². The van der Waals surface area contributed by atoms with E-state index in [2.05, 4.69) is 27.1 Å². The summed E-state index contributed by atoms with van der Waals surface area (Å²) in [7, 11) is 0. The molecule has 0 saturated carbocycles. The van der Waals surface area contributed by atoms with Crippen LogP contribution in [0.2, 0.25) is 0 Å². The first-order valence-electron chi connectivity index (χ1n) is 5.99. The Kier molecular flexibility index (Phi) is 4.43. The average Bonchev–Trinajstić information content (AvgIpc) is 2.45. The molecular weight excluding hydrogens is 254 g/mol. The lowest BCUT2D eigenvalue weighted by Gasteiger charge is -2.05. The fourth-order valence-corrected chi connectivity index (χ4v) is 1.58. The van der Waals surface area contributed by atoms with Gasteiger partial charge in [0.15, 0.2) is 0 Å². The zero-order valence-corrected chi connectivity index (χ0v) is 10.9. The van der Waals surface area contributed by atoms with Gasteiger partial charge < -0.3 is 10.4 Å². The van der Waals surface area contributed by atoms with Crippen LogP contribution in [-0.4, -0.2) is 27.6 Å². The van der Waals surface area contributed by atoms with Crippen LogP contribution in [0.3, 0.4) is 0 Å². The number of pyridine rings is 2. The third-order valence-corrected chi connectivity index (χ3v) is 2.44. The highest BCUT2D eigenvalue weighted by molar-refractivity contribution is 6.03. The first-order valence-corrected chi connectivity index (χ1v) is 5.99. The van der Waals surface area contributed by atoms with Gasteiger partial charge in [0.05, 0.1) is 5.56 Å². The van der Waals surface area contributed by atoms with Gasteiger partial charge in [-0.3, -0.25) is 9.78 Å². The number of carbonyl (C=O) groups excluding carboxylic acids is 1. The van der Waals surface area contributed by atoms with Crippen molar-refractivity contribution in [2.24, 2.45) is 0 Å². The third-order valence-electron chi connectivity index (χ3n) is 2.44. The van der Waals surface area contributed by atoms with Crippen LogP contribution in [0.4, 0.5) is 5.82 Å². The van der Waals surface area contributed by atoms with Crippen LogP contribution in [0.15, 0.2) is 36.7 Å². The van der Waals surface area contributed by atoms with Crippen molar-refractivity contribution < 1.29 is 9.90 Å². The summed E-state index contributed by atoms with van der Waals surface area (Å²) in [6.07, 6.45) is 2.99. The molecule has 0 fully saturated rings. The quantitative estimate of drug-likeness (QED) is 0.806. The van der Waals surface area contributed by atoms with Gasteiger partial charge in [0.1, 0.15) is 12.4 Å². The first-order chi connectivity index (χ1) is 9.69. The van der Waals surface area contributed by atoms with Crippen molar-refractivity contribution in [2.45, 2.75) is 6.92 Å². The summed E-state index contributed by atoms with van der Waals surface area (Å²) < 4.78 is 0. The number of nitrogens with zero attached hydrogens (tertiary/aromatic N) is 2. The van der Waals surface area contributed by atoms with Crippen LogP contribution in [0.1, 0.15) is 21.6 Å². The molecule has 5 nitrogen and oxygen atoms in total. The Morgan fingerprint density at radius 2 is 2.25 bits per heavy atom. The minimum Gasteiger partial charge on any atom is -0.384 e. The van der Waals surface area contributed by atoms with E-state index in [1.54, 1.807) is 12.1 Å². The van der Waals surface area contributed by atoms with Crippen LogP contribution in [0.25, 0.3) is 0 Å². The maximum absolute atomic E-state index is 12.1. The van der Waals surface area contributed by atoms with Gasteiger partial charge in [0, 0.05) is 23.7 Å². The van der Waals surface area contributed by atoms with Crippen molar-refractivity contribution in [1.29, 1.82) is 0 Å². The fraction of sp³-hybridized carbons (Fsp3) is 0.133. The van der Waals surface area contributed by atoms with Gasteiger partial charge in [0.2, 0.25) is 0 Å². The van der Waals surface area contributed by atoms with Crippen LogP contribution < -0.4 is 5.32 Å². The average molecular weight is 267 g/mol. The standard InChI is InChI=1S/C15H13N3O2/c1-11-4-2-6-14(17-11)18-15(20)13-8-12(5-3-7-19)9-16-10-13/h2,4,6,8-10,19H,7H2,1H3,(H,17,18,20). The van der Waals surface area contributed by atoms with Gasteiger partial charge in [-0.05, 0) is 25.1 Å². The summed E-state index contributed by atoms with van der Waals surface area (Å²) in [4.78, 5) is 20.2. The van der Waals surface area contributed by atoms with E-state index < -0.39 is 0 Å². The molecule has 0 unspecified atom stereocenters. The highest BCUT2D eigenvalue weighted by atomic mass is 16.2. The minimum atomic E-state index is -0.303. The van der Waals surface area contributed by atoms with Gasteiger partial charge in [-0.25, -0.2) is 4.98 Å². The van der Waals surface area contributed by atoms with E-state index >= 15 is 0 Å². The second kappa shape index (κ2) is 6.45. The van der Waals surface area contributed by atoms with Crippen LogP contribution >= 0.6 is 0 Å². The highest BCUT2D eigenvalue weighted by Gasteiger charge is 2.07. The Hall–Kier alpha value is -2.71. The molecule has 1 amide bonds. The molecule has 0 spiro atoms. The zero-order chi connectivity index (χ0) is 14.4. The van der Waals surface area contributed by atoms with Crippen molar-refractivity contribution in [1.82, 2.24) is 9.97 Å². The van der Waals surface area contributed by atoms with E-state index in [1.165, 1.54) is 12.4 Å². The Morgan fingerprint density at radius 1 is 1.40 bits per heavy atom. The predicted molar refractivity (Wildman–Crippen MR) is 75.1 cm³/mol. The second-order valence-electron chi connectivity index (χ2n) is 4.04. The Balaban J connectivity index is 2.17. The molecule has 2 rings (SSSR count). The summed E-state index contributed by atoms with van der Waals surface area (Å²) in [6.45, 7) is 1.62. The number of hydrogen-bond donors (Lipinski definition) is 2. The van der Waals surface area contributed by atoms with Gasteiger partial charge in [0.25, 0.3) is 5.91 Å². The molecule has 100 valence electrons. The summed E-state index contributed by atoms with van der Waals surface area (Å²) in [6, 6.07) is 7.00. The largest absolute Gasteiger partial charge is 0.384 e. The molecule has 0 aliphatic heterocycles. The van der Waals surface area contributed by atoms with Crippen molar-refractivity contribution >= 4 is 11.7 Å². The summed E-state index contributed by atoms with van der Waals surface area (Å²) in [5.74, 6) is 5.40. The van der Waals surface area contributed by atoms with Crippen molar-refractivity contribution in [2.75, 3.05) is 11.9 Å². The molecule has 2 N–H and O–H groups in total. The van der Waals surface area contributed by atoms with Crippen molar-refractivity contribution in [3.05, 3.63) is 53.5 Å². The number of anilines is 1. The van der Waals surface area contributed by atoms with Gasteiger partial charge in [-0.1, -0.05) is 17.9 Å². The van der Waals surface area contributed by atoms with E-state index in [9.17, 15) is 4.79 Å². The summed E-state index contributed by atoms with van der Waals surface area (Å²) in [5, 5.41) is 11.3. The molecule has 0 aromatic carbocycles. The van der Waals surface area contributed by atoms with Gasteiger partial charge in [-0.15, -0.1) is 0 Å². The highest BCUT2D eigenvalue weighted by Crippen LogP contribution is 2.08. The predicted octanol–water partition coefficient (Wildman–Crippen LogP) is 1.38. The Labute approximate surface area is 116 Å². The molecule has 0 saturated heterocycles. The van der Waals surface area contributed by atoms with E-state index in [4.69, 9.17) is 5.11 Å².